The van der Waals surface area contributed by atoms with E-state index in [1.54, 1.807) is 78.7 Å². The third-order valence-electron chi connectivity index (χ3n) is 5.40. The number of anilines is 2. The Morgan fingerprint density at radius 3 is 2.39 bits per heavy atom. The number of carbonyl (C=O) groups excluding carboxylic acids is 3. The molecular formula is C26H24N2O5. The standard InChI is InChI=1S/C26H24N2O5/c1-32-23-13-11-21(12-14-23)27-25(30)19-9-7-18(8-10-19)17-33-26(31)20-4-2-5-22(16-20)28-15-3-6-24(28)29/h2,4-5,7-14,16H,3,6,15,17H2,1H3,(H,27,30). The minimum Gasteiger partial charge on any atom is -0.497 e. The lowest BCUT2D eigenvalue weighted by Crippen LogP contribution is -2.23. The number of benzene rings is 3. The van der Waals surface area contributed by atoms with Crippen LogP contribution in [-0.2, 0) is 16.1 Å². The van der Waals surface area contributed by atoms with Crippen molar-refractivity contribution in [3.63, 3.8) is 0 Å². The SMILES string of the molecule is COc1ccc(NC(=O)c2ccc(COC(=O)c3cccc(N4CCCC4=O)c3)cc2)cc1. The number of ether oxygens (including phenoxy) is 2. The molecule has 0 unspecified atom stereocenters. The van der Waals surface area contributed by atoms with E-state index < -0.39 is 5.97 Å². The summed E-state index contributed by atoms with van der Waals surface area (Å²) in [6.45, 7) is 0.738. The molecule has 0 aromatic heterocycles. The predicted molar refractivity (Wildman–Crippen MR) is 125 cm³/mol. The van der Waals surface area contributed by atoms with Gasteiger partial charge < -0.3 is 19.7 Å². The molecule has 0 radical (unpaired) electrons. The molecule has 2 amide bonds. The minimum atomic E-state index is -0.468. The van der Waals surface area contributed by atoms with Crippen molar-refractivity contribution in [1.82, 2.24) is 0 Å². The highest BCUT2D eigenvalue weighted by atomic mass is 16.5. The lowest BCUT2D eigenvalue weighted by molar-refractivity contribution is -0.117. The van der Waals surface area contributed by atoms with E-state index in [2.05, 4.69) is 5.32 Å². The monoisotopic (exact) mass is 444 g/mol. The topological polar surface area (TPSA) is 84.9 Å². The summed E-state index contributed by atoms with van der Waals surface area (Å²) in [5.41, 5.74) is 3.01. The summed E-state index contributed by atoms with van der Waals surface area (Å²) in [6.07, 6.45) is 1.35. The molecule has 1 aliphatic heterocycles. The van der Waals surface area contributed by atoms with Gasteiger partial charge in [-0.15, -0.1) is 0 Å². The summed E-state index contributed by atoms with van der Waals surface area (Å²) >= 11 is 0. The Balaban J connectivity index is 1.33. The third kappa shape index (κ3) is 5.38. The number of esters is 1. The molecule has 168 valence electrons. The van der Waals surface area contributed by atoms with Gasteiger partial charge in [0.2, 0.25) is 5.91 Å². The molecule has 7 heteroatoms. The van der Waals surface area contributed by atoms with Crippen LogP contribution in [0.2, 0.25) is 0 Å². The summed E-state index contributed by atoms with van der Waals surface area (Å²) in [5, 5.41) is 2.82. The molecule has 1 N–H and O–H groups in total. The summed E-state index contributed by atoms with van der Waals surface area (Å²) in [6, 6.07) is 20.8. The molecule has 7 nitrogen and oxygen atoms in total. The smallest absolute Gasteiger partial charge is 0.338 e. The molecule has 0 atom stereocenters. The van der Waals surface area contributed by atoms with Crippen molar-refractivity contribution < 1.29 is 23.9 Å². The number of hydrogen-bond donors (Lipinski definition) is 1. The largest absolute Gasteiger partial charge is 0.497 e. The fraction of sp³-hybridized carbons (Fsp3) is 0.192. The van der Waals surface area contributed by atoms with Crippen molar-refractivity contribution in [1.29, 1.82) is 0 Å². The van der Waals surface area contributed by atoms with Gasteiger partial charge in [0.15, 0.2) is 0 Å². The van der Waals surface area contributed by atoms with E-state index in [1.807, 2.05) is 6.07 Å². The van der Waals surface area contributed by atoms with Crippen LogP contribution in [0.3, 0.4) is 0 Å². The fourth-order valence-corrected chi connectivity index (χ4v) is 3.58. The molecule has 0 saturated carbocycles. The second-order valence-corrected chi connectivity index (χ2v) is 7.65. The van der Waals surface area contributed by atoms with Crippen LogP contribution in [0.25, 0.3) is 0 Å². The molecule has 4 rings (SSSR count). The number of amides is 2. The van der Waals surface area contributed by atoms with Gasteiger partial charge in [-0.05, 0) is 66.6 Å². The molecular weight excluding hydrogens is 420 g/mol. The van der Waals surface area contributed by atoms with Crippen LogP contribution in [0.15, 0.2) is 72.8 Å². The third-order valence-corrected chi connectivity index (χ3v) is 5.40. The maximum absolute atomic E-state index is 12.5. The predicted octanol–water partition coefficient (Wildman–Crippen LogP) is 4.43. The Morgan fingerprint density at radius 2 is 1.73 bits per heavy atom. The molecule has 1 heterocycles. The Kier molecular flexibility index (Phi) is 6.69. The molecule has 0 aliphatic carbocycles. The Morgan fingerprint density at radius 1 is 0.970 bits per heavy atom. The molecule has 3 aromatic carbocycles. The Labute approximate surface area is 191 Å². The molecule has 33 heavy (non-hydrogen) atoms. The van der Waals surface area contributed by atoms with Gasteiger partial charge >= 0.3 is 5.97 Å². The molecule has 1 saturated heterocycles. The van der Waals surface area contributed by atoms with E-state index in [-0.39, 0.29) is 18.4 Å². The summed E-state index contributed by atoms with van der Waals surface area (Å²) in [5.74, 6) is 0.0709. The molecule has 0 bridgehead atoms. The Bertz CT molecular complexity index is 1160. The number of nitrogens with zero attached hydrogens (tertiary/aromatic N) is 1. The highest BCUT2D eigenvalue weighted by molar-refractivity contribution is 6.04. The molecule has 3 aromatic rings. The second kappa shape index (κ2) is 9.99. The van der Waals surface area contributed by atoms with Crippen molar-refractivity contribution in [2.45, 2.75) is 19.4 Å². The number of nitrogens with one attached hydrogen (secondary N) is 1. The second-order valence-electron chi connectivity index (χ2n) is 7.65. The summed E-state index contributed by atoms with van der Waals surface area (Å²) in [7, 11) is 1.58. The highest BCUT2D eigenvalue weighted by Gasteiger charge is 2.22. The first-order chi connectivity index (χ1) is 16.0. The van der Waals surface area contributed by atoms with Crippen molar-refractivity contribution in [3.8, 4) is 5.75 Å². The molecule has 1 aliphatic rings. The van der Waals surface area contributed by atoms with Crippen LogP contribution < -0.4 is 15.0 Å². The van der Waals surface area contributed by atoms with Gasteiger partial charge in [0, 0.05) is 29.9 Å². The first-order valence-corrected chi connectivity index (χ1v) is 10.7. The van der Waals surface area contributed by atoms with Gasteiger partial charge in [-0.1, -0.05) is 18.2 Å². The lowest BCUT2D eigenvalue weighted by Gasteiger charge is -2.16. The van der Waals surface area contributed by atoms with Crippen LogP contribution in [0.4, 0.5) is 11.4 Å². The van der Waals surface area contributed by atoms with Gasteiger partial charge in [-0.25, -0.2) is 4.79 Å². The zero-order valence-corrected chi connectivity index (χ0v) is 18.2. The van der Waals surface area contributed by atoms with E-state index in [9.17, 15) is 14.4 Å². The van der Waals surface area contributed by atoms with Crippen LogP contribution in [0.5, 0.6) is 5.75 Å². The zero-order chi connectivity index (χ0) is 23.2. The number of methoxy groups -OCH3 is 1. The van der Waals surface area contributed by atoms with Gasteiger partial charge in [-0.3, -0.25) is 9.59 Å². The van der Waals surface area contributed by atoms with Crippen molar-refractivity contribution in [2.75, 3.05) is 23.9 Å². The molecule has 0 spiro atoms. The average Bonchev–Trinajstić information content (AvgIpc) is 3.29. The highest BCUT2D eigenvalue weighted by Crippen LogP contribution is 2.23. The fourth-order valence-electron chi connectivity index (χ4n) is 3.58. The van der Waals surface area contributed by atoms with Gasteiger partial charge in [-0.2, -0.15) is 0 Å². The summed E-state index contributed by atoms with van der Waals surface area (Å²) in [4.78, 5) is 38.6. The lowest BCUT2D eigenvalue weighted by atomic mass is 10.1. The number of carbonyl (C=O) groups is 3. The maximum Gasteiger partial charge on any atom is 0.338 e. The van der Waals surface area contributed by atoms with E-state index in [0.29, 0.717) is 41.2 Å². The maximum atomic E-state index is 12.5. The minimum absolute atomic E-state index is 0.0663. The van der Waals surface area contributed by atoms with Crippen LogP contribution in [0, 0.1) is 0 Å². The van der Waals surface area contributed by atoms with Crippen LogP contribution in [-0.4, -0.2) is 31.4 Å². The first-order valence-electron chi connectivity index (χ1n) is 10.7. The normalized spacial score (nSPS) is 13.0. The number of rotatable bonds is 7. The van der Waals surface area contributed by atoms with E-state index in [0.717, 1.165) is 12.0 Å². The van der Waals surface area contributed by atoms with Crippen LogP contribution >= 0.6 is 0 Å². The first kappa shape index (κ1) is 22.1. The Hall–Kier alpha value is -4.13. The van der Waals surface area contributed by atoms with E-state index >= 15 is 0 Å². The average molecular weight is 444 g/mol. The number of hydrogen-bond acceptors (Lipinski definition) is 5. The van der Waals surface area contributed by atoms with Gasteiger partial charge in [0.1, 0.15) is 12.4 Å². The molecule has 1 fully saturated rings. The van der Waals surface area contributed by atoms with Crippen LogP contribution in [0.1, 0.15) is 39.1 Å². The van der Waals surface area contributed by atoms with E-state index in [1.165, 1.54) is 0 Å². The van der Waals surface area contributed by atoms with Gasteiger partial charge in [0.25, 0.3) is 5.91 Å². The summed E-state index contributed by atoms with van der Waals surface area (Å²) < 4.78 is 10.5. The van der Waals surface area contributed by atoms with Crippen molar-refractivity contribution in [3.05, 3.63) is 89.5 Å². The van der Waals surface area contributed by atoms with Gasteiger partial charge in [0.05, 0.1) is 12.7 Å². The van der Waals surface area contributed by atoms with Crippen molar-refractivity contribution >= 4 is 29.2 Å². The quantitative estimate of drug-likeness (QED) is 0.545. The van der Waals surface area contributed by atoms with E-state index in [4.69, 9.17) is 9.47 Å². The van der Waals surface area contributed by atoms with Crippen molar-refractivity contribution in [2.24, 2.45) is 0 Å². The zero-order valence-electron chi connectivity index (χ0n) is 18.2.